The third kappa shape index (κ3) is 12.1. The van der Waals surface area contributed by atoms with E-state index in [1.54, 1.807) is 65.5 Å². The van der Waals surface area contributed by atoms with E-state index in [1.807, 2.05) is 19.2 Å². The molecule has 8 heterocycles. The normalized spacial score (nSPS) is 16.9. The first-order valence-corrected chi connectivity index (χ1v) is 28.6. The zero-order chi connectivity index (χ0) is 54.5. The second-order valence-electron chi connectivity index (χ2n) is 17.3. The zero-order valence-corrected chi connectivity index (χ0v) is 46.6. The van der Waals surface area contributed by atoms with Crippen molar-refractivity contribution in [3.05, 3.63) is 117 Å². The molecular weight excluding hydrogens is 1110 g/mol. The third-order valence-corrected chi connectivity index (χ3v) is 17.5. The molecule has 0 spiro atoms. The van der Waals surface area contributed by atoms with Crippen molar-refractivity contribution in [3.8, 4) is 43.4 Å². The maximum Gasteiger partial charge on any atom is 0.314 e. The summed E-state index contributed by atoms with van der Waals surface area (Å²) < 4.78 is 5.44. The Labute approximate surface area is 463 Å². The molecule has 7 N–H and O–H groups in total. The summed E-state index contributed by atoms with van der Waals surface area (Å²) in [5.41, 5.74) is 3.22. The highest BCUT2D eigenvalue weighted by Gasteiger charge is 2.33. The minimum absolute atomic E-state index is 0.00422. The van der Waals surface area contributed by atoms with Gasteiger partial charge in [-0.1, -0.05) is 44.2 Å². The lowest BCUT2D eigenvalue weighted by molar-refractivity contribution is -0.350. The first kappa shape index (κ1) is 54.5. The number of rotatable bonds is 9. The van der Waals surface area contributed by atoms with Gasteiger partial charge >= 0.3 is 5.91 Å². The lowest BCUT2D eigenvalue weighted by Gasteiger charge is -2.23. The second-order valence-corrected chi connectivity index (χ2v) is 23.2. The fourth-order valence-electron chi connectivity index (χ4n) is 7.89. The summed E-state index contributed by atoms with van der Waals surface area (Å²) in [6, 6.07) is 9.61. The quantitative estimate of drug-likeness (QED) is 0.0797. The van der Waals surface area contributed by atoms with E-state index in [-0.39, 0.29) is 41.7 Å². The van der Waals surface area contributed by atoms with Crippen molar-refractivity contribution in [3.63, 3.8) is 0 Å². The zero-order valence-electron chi connectivity index (χ0n) is 41.7. The highest BCUT2D eigenvalue weighted by molar-refractivity contribution is 7.15. The van der Waals surface area contributed by atoms with Crippen molar-refractivity contribution in [2.24, 2.45) is 16.1 Å². The lowest BCUT2D eigenvalue weighted by atomic mass is 10.0. The SMILES string of the molecule is CN=NC(=O)c1csc(-c2ccc3c([nH+]2)-c2csc(n2)-c2csc(n2)[C@H]([C@@H](O)c2ccccc2)NC(=O)CNC(=O)c2nc(sc2COC)[C@H](C(C)C)NC(=O)c2nc(sc2C)[C@H](CC(=O)NC)NC(=O)c2csc-3n2)n1. The first-order chi connectivity index (χ1) is 37.1. The number of pyridine rings is 1. The molecule has 0 saturated carbocycles. The highest BCUT2D eigenvalue weighted by atomic mass is 32.1. The van der Waals surface area contributed by atoms with Crippen LogP contribution in [0.4, 0.5) is 0 Å². The summed E-state index contributed by atoms with van der Waals surface area (Å²) in [4.78, 5) is 115. The molecule has 6 amide bonds. The number of ether oxygens (including phenoxy) is 1. The molecule has 0 radical (unpaired) electrons. The summed E-state index contributed by atoms with van der Waals surface area (Å²) in [5.74, 6) is -3.68. The van der Waals surface area contributed by atoms with Gasteiger partial charge in [0.05, 0.1) is 42.1 Å². The Balaban J connectivity index is 1.14. The molecule has 10 bridgehead atoms. The van der Waals surface area contributed by atoms with Gasteiger partial charge in [-0.25, -0.2) is 34.9 Å². The summed E-state index contributed by atoms with van der Waals surface area (Å²) in [6.45, 7) is 4.99. The molecule has 28 heteroatoms. The van der Waals surface area contributed by atoms with Crippen LogP contribution in [0.25, 0.3) is 43.4 Å². The van der Waals surface area contributed by atoms with E-state index >= 15 is 0 Å². The molecule has 77 heavy (non-hydrogen) atoms. The number of hydrogen-bond acceptors (Lipinski definition) is 21. The number of amides is 6. The number of thiazole rings is 6. The van der Waals surface area contributed by atoms with E-state index in [9.17, 15) is 33.9 Å². The monoisotopic (exact) mass is 1150 g/mol. The van der Waals surface area contributed by atoms with E-state index < -0.39 is 66.2 Å². The maximum absolute atomic E-state index is 14.2. The van der Waals surface area contributed by atoms with Crippen molar-refractivity contribution in [1.82, 2.24) is 56.5 Å². The van der Waals surface area contributed by atoms with Crippen LogP contribution in [0.2, 0.25) is 0 Å². The molecule has 0 fully saturated rings. The Hall–Kier alpha value is -7.31. The van der Waals surface area contributed by atoms with E-state index in [4.69, 9.17) is 19.7 Å². The van der Waals surface area contributed by atoms with Crippen LogP contribution in [0.15, 0.2) is 74.2 Å². The molecular formula is C49H47N14O8S6+. The van der Waals surface area contributed by atoms with Crippen LogP contribution in [0, 0.1) is 12.8 Å². The van der Waals surface area contributed by atoms with Crippen LogP contribution in [0.5, 0.6) is 0 Å². The molecule has 0 saturated heterocycles. The van der Waals surface area contributed by atoms with Gasteiger partial charge in [0.15, 0.2) is 5.01 Å². The molecule has 22 nitrogen and oxygen atoms in total. The largest absolute Gasteiger partial charge is 0.386 e. The summed E-state index contributed by atoms with van der Waals surface area (Å²) in [7, 11) is 4.34. The molecule has 1 aliphatic heterocycles. The number of aromatic amines is 1. The van der Waals surface area contributed by atoms with E-state index in [1.165, 1.54) is 77.9 Å². The summed E-state index contributed by atoms with van der Waals surface area (Å²) in [5, 5.41) is 42.3. The Morgan fingerprint density at radius 1 is 0.779 bits per heavy atom. The van der Waals surface area contributed by atoms with Crippen molar-refractivity contribution in [2.75, 3.05) is 27.7 Å². The van der Waals surface area contributed by atoms with Crippen LogP contribution >= 0.6 is 68.0 Å². The maximum atomic E-state index is 14.2. The van der Waals surface area contributed by atoms with Gasteiger partial charge < -0.3 is 36.4 Å². The van der Waals surface area contributed by atoms with Crippen molar-refractivity contribution in [1.29, 1.82) is 0 Å². The van der Waals surface area contributed by atoms with Crippen LogP contribution in [0.3, 0.4) is 0 Å². The Morgan fingerprint density at radius 2 is 1.51 bits per heavy atom. The number of aliphatic hydroxyl groups is 1. The van der Waals surface area contributed by atoms with Crippen molar-refractivity contribution in [2.45, 2.75) is 58.0 Å². The summed E-state index contributed by atoms with van der Waals surface area (Å²) >= 11 is 7.22. The molecule has 1 aliphatic rings. The molecule has 9 rings (SSSR count). The number of aryl methyl sites for hydroxylation is 1. The van der Waals surface area contributed by atoms with Crippen LogP contribution in [0.1, 0.15) is 117 Å². The number of benzene rings is 1. The van der Waals surface area contributed by atoms with Crippen LogP contribution in [-0.4, -0.2) is 98.2 Å². The smallest absolute Gasteiger partial charge is 0.314 e. The standard InChI is InChI=1S/C49H46N14O8S6/c1-21(2)34-49-62-37(31(77-49)16-71-6)42(69)52-15-33(65)59-38(39(66)23-10-8-7-9-11-23)48-58-30(20-75-48)46-55-27(17-73-46)36-24(12-13-25(53-36)45-57-29(19-74-45)41(68)63-51-5)44-56-28(18-72-44)40(67)54-26(14-32(64)50-4)47-61-35(22(3)76-47)43(70)60-34/h7-13,17-21,26,34,38-39,66H,14-16H2,1-6H3,(H,50,64)(H,52,69)(H,54,67)(H,59,65)(H,60,70)/p+1/t26-,34-,38-,39-/m0/s1. The Bertz CT molecular complexity index is 3550. The number of carbonyl (C=O) groups is 6. The topological polar surface area (TPSA) is 308 Å². The number of azo groups is 1. The predicted octanol–water partition coefficient (Wildman–Crippen LogP) is 6.95. The number of aliphatic hydroxyl groups excluding tert-OH is 1. The number of fused-ring (bicyclic) bond motifs is 14. The average molecular weight is 1150 g/mol. The first-order valence-electron chi connectivity index (χ1n) is 23.5. The van der Waals surface area contributed by atoms with E-state index in [2.05, 4.69) is 56.7 Å². The number of nitrogens with one attached hydrogen (secondary N) is 6. The second kappa shape index (κ2) is 23.9. The number of H-pyrrole nitrogens is 1. The van der Waals surface area contributed by atoms with Crippen molar-refractivity contribution < 1.29 is 43.6 Å². The van der Waals surface area contributed by atoms with E-state index in [0.717, 1.165) is 11.3 Å². The molecule has 0 aliphatic carbocycles. The Morgan fingerprint density at radius 3 is 2.26 bits per heavy atom. The average Bonchev–Trinajstić information content (AvgIpc) is 4.33. The highest BCUT2D eigenvalue weighted by Crippen LogP contribution is 2.39. The molecule has 0 unspecified atom stereocenters. The van der Waals surface area contributed by atoms with Gasteiger partial charge in [-0.2, -0.15) is 5.11 Å². The number of aromatic nitrogens is 7. The fraction of sp³-hybridized carbons (Fsp3) is 0.286. The fourth-order valence-corrected chi connectivity index (χ4v) is 13.5. The van der Waals surface area contributed by atoms with Crippen molar-refractivity contribution >= 4 is 103 Å². The number of methoxy groups -OCH3 is 1. The number of nitrogens with zero attached hydrogens (tertiary/aromatic N) is 8. The van der Waals surface area contributed by atoms with Gasteiger partial charge in [0.2, 0.25) is 23.2 Å². The third-order valence-electron chi connectivity index (χ3n) is 11.7. The van der Waals surface area contributed by atoms with Crippen LogP contribution in [-0.2, 0) is 20.9 Å². The lowest BCUT2D eigenvalue weighted by Crippen LogP contribution is -2.40. The molecule has 396 valence electrons. The number of hydrogen-bond donors (Lipinski definition) is 6. The van der Waals surface area contributed by atoms with Crippen LogP contribution < -0.4 is 31.6 Å². The van der Waals surface area contributed by atoms with Gasteiger partial charge in [-0.15, -0.1) is 73.1 Å². The van der Waals surface area contributed by atoms with Gasteiger partial charge in [-0.05, 0) is 24.5 Å². The van der Waals surface area contributed by atoms with Gasteiger partial charge in [0.25, 0.3) is 17.7 Å². The van der Waals surface area contributed by atoms with Gasteiger partial charge in [0.1, 0.15) is 71.3 Å². The Kier molecular flexibility index (Phi) is 16.9. The molecule has 1 aromatic carbocycles. The van der Waals surface area contributed by atoms with Gasteiger partial charge in [-0.3, -0.25) is 28.8 Å². The van der Waals surface area contributed by atoms with E-state index in [0.29, 0.717) is 73.7 Å². The molecule has 8 aromatic rings. The molecule has 4 atom stereocenters. The molecule has 7 aromatic heterocycles. The minimum atomic E-state index is -1.26. The minimum Gasteiger partial charge on any atom is -0.386 e. The predicted molar refractivity (Wildman–Crippen MR) is 291 cm³/mol. The number of carbonyl (C=O) groups excluding carboxylic acids is 6. The van der Waals surface area contributed by atoms with Gasteiger partial charge in [0, 0.05) is 53.7 Å². The summed E-state index contributed by atoms with van der Waals surface area (Å²) in [6.07, 6.45) is -1.47.